The summed E-state index contributed by atoms with van der Waals surface area (Å²) in [5, 5.41) is 6.63. The monoisotopic (exact) mass is 282 g/mol. The fraction of sp³-hybridized carbons (Fsp3) is 0.417. The van der Waals surface area contributed by atoms with Crippen LogP contribution in [0.2, 0.25) is 0 Å². The van der Waals surface area contributed by atoms with Crippen LogP contribution in [0.4, 0.5) is 5.69 Å². The first-order chi connectivity index (χ1) is 7.81. The van der Waals surface area contributed by atoms with Crippen LogP contribution in [0.3, 0.4) is 0 Å². The van der Waals surface area contributed by atoms with Crippen LogP contribution in [0, 0.1) is 0 Å². The third kappa shape index (κ3) is 2.55. The van der Waals surface area contributed by atoms with Crippen molar-refractivity contribution in [2.24, 2.45) is 0 Å². The van der Waals surface area contributed by atoms with Gasteiger partial charge in [0.25, 0.3) is 0 Å². The molecule has 1 aliphatic rings. The molecule has 2 rings (SSSR count). The minimum Gasteiger partial charge on any atom is -0.385 e. The SMILES string of the molecule is O=C(CBr)NCc1cccc2c1CCCN2. The van der Waals surface area contributed by atoms with E-state index in [1.807, 2.05) is 6.07 Å². The van der Waals surface area contributed by atoms with Crippen molar-refractivity contribution in [3.05, 3.63) is 29.3 Å². The highest BCUT2D eigenvalue weighted by Crippen LogP contribution is 2.25. The van der Waals surface area contributed by atoms with Crippen LogP contribution in [-0.4, -0.2) is 17.8 Å². The highest BCUT2D eigenvalue weighted by Gasteiger charge is 2.12. The van der Waals surface area contributed by atoms with E-state index in [0.717, 1.165) is 19.4 Å². The number of carbonyl (C=O) groups excluding carboxylic acids is 1. The lowest BCUT2D eigenvalue weighted by molar-refractivity contribution is -0.118. The number of rotatable bonds is 3. The lowest BCUT2D eigenvalue weighted by Crippen LogP contribution is -2.25. The molecular formula is C12H15BrN2O. The second-order valence-electron chi connectivity index (χ2n) is 3.88. The molecule has 0 fully saturated rings. The van der Waals surface area contributed by atoms with E-state index in [1.54, 1.807) is 0 Å². The largest absolute Gasteiger partial charge is 0.385 e. The van der Waals surface area contributed by atoms with Crippen LogP contribution in [0.5, 0.6) is 0 Å². The molecule has 0 saturated carbocycles. The number of hydrogen-bond donors (Lipinski definition) is 2. The average molecular weight is 283 g/mol. The van der Waals surface area contributed by atoms with E-state index >= 15 is 0 Å². The first-order valence-electron chi connectivity index (χ1n) is 5.48. The van der Waals surface area contributed by atoms with E-state index in [2.05, 4.69) is 38.7 Å². The third-order valence-electron chi connectivity index (χ3n) is 2.79. The molecule has 0 atom stereocenters. The van der Waals surface area contributed by atoms with E-state index in [1.165, 1.54) is 16.8 Å². The van der Waals surface area contributed by atoms with Gasteiger partial charge in [0, 0.05) is 18.8 Å². The molecule has 0 unspecified atom stereocenters. The van der Waals surface area contributed by atoms with Crippen molar-refractivity contribution in [2.75, 3.05) is 17.2 Å². The molecule has 0 spiro atoms. The van der Waals surface area contributed by atoms with Crippen molar-refractivity contribution < 1.29 is 4.79 Å². The van der Waals surface area contributed by atoms with Crippen LogP contribution in [-0.2, 0) is 17.8 Å². The van der Waals surface area contributed by atoms with Crippen LogP contribution in [0.25, 0.3) is 0 Å². The van der Waals surface area contributed by atoms with Crippen LogP contribution >= 0.6 is 15.9 Å². The molecule has 1 amide bonds. The van der Waals surface area contributed by atoms with Crippen molar-refractivity contribution in [1.82, 2.24) is 5.32 Å². The Labute approximate surface area is 104 Å². The first-order valence-corrected chi connectivity index (χ1v) is 6.60. The van der Waals surface area contributed by atoms with Gasteiger partial charge in [-0.15, -0.1) is 0 Å². The summed E-state index contributed by atoms with van der Waals surface area (Å²) in [6, 6.07) is 6.22. The zero-order chi connectivity index (χ0) is 11.4. The van der Waals surface area contributed by atoms with Gasteiger partial charge in [0.1, 0.15) is 0 Å². The highest BCUT2D eigenvalue weighted by molar-refractivity contribution is 9.09. The van der Waals surface area contributed by atoms with Gasteiger partial charge in [0.2, 0.25) is 5.91 Å². The molecule has 86 valence electrons. The summed E-state index contributed by atoms with van der Waals surface area (Å²) in [6.07, 6.45) is 2.26. The van der Waals surface area contributed by atoms with Crippen LogP contribution < -0.4 is 10.6 Å². The number of nitrogens with one attached hydrogen (secondary N) is 2. The van der Waals surface area contributed by atoms with Gasteiger partial charge >= 0.3 is 0 Å². The molecule has 1 aliphatic heterocycles. The molecule has 16 heavy (non-hydrogen) atoms. The summed E-state index contributed by atoms with van der Waals surface area (Å²) < 4.78 is 0. The van der Waals surface area contributed by atoms with Crippen molar-refractivity contribution in [2.45, 2.75) is 19.4 Å². The van der Waals surface area contributed by atoms with Gasteiger partial charge in [-0.2, -0.15) is 0 Å². The predicted octanol–water partition coefficient (Wildman–Crippen LogP) is 2.06. The second kappa shape index (κ2) is 5.34. The smallest absolute Gasteiger partial charge is 0.230 e. The Balaban J connectivity index is 2.11. The van der Waals surface area contributed by atoms with Crippen molar-refractivity contribution in [1.29, 1.82) is 0 Å². The second-order valence-corrected chi connectivity index (χ2v) is 4.44. The Hall–Kier alpha value is -1.03. The molecule has 0 aromatic heterocycles. The first kappa shape index (κ1) is 11.5. The van der Waals surface area contributed by atoms with E-state index in [9.17, 15) is 4.79 Å². The minimum absolute atomic E-state index is 0.0290. The molecule has 0 aliphatic carbocycles. The third-order valence-corrected chi connectivity index (χ3v) is 3.30. The fourth-order valence-corrected chi connectivity index (χ4v) is 2.19. The van der Waals surface area contributed by atoms with E-state index in [4.69, 9.17) is 0 Å². The maximum Gasteiger partial charge on any atom is 0.230 e. The van der Waals surface area contributed by atoms with Gasteiger partial charge in [0.05, 0.1) is 5.33 Å². The lowest BCUT2D eigenvalue weighted by Gasteiger charge is -2.21. The average Bonchev–Trinajstić information content (AvgIpc) is 2.35. The van der Waals surface area contributed by atoms with Gasteiger partial charge < -0.3 is 10.6 Å². The Kier molecular flexibility index (Phi) is 3.83. The molecule has 1 aromatic carbocycles. The number of halogens is 1. The van der Waals surface area contributed by atoms with Gasteiger partial charge in [-0.05, 0) is 30.0 Å². The van der Waals surface area contributed by atoms with Gasteiger partial charge in [-0.3, -0.25) is 4.79 Å². The summed E-state index contributed by atoms with van der Waals surface area (Å²) in [7, 11) is 0. The summed E-state index contributed by atoms with van der Waals surface area (Å²) in [5.41, 5.74) is 3.79. The van der Waals surface area contributed by atoms with Gasteiger partial charge in [-0.25, -0.2) is 0 Å². The normalized spacial score (nSPS) is 13.8. The Morgan fingerprint density at radius 3 is 3.19 bits per heavy atom. The molecule has 4 heteroatoms. The van der Waals surface area contributed by atoms with Crippen molar-refractivity contribution in [3.63, 3.8) is 0 Å². The number of anilines is 1. The number of amides is 1. The highest BCUT2D eigenvalue weighted by atomic mass is 79.9. The Bertz CT molecular complexity index is 393. The zero-order valence-electron chi connectivity index (χ0n) is 9.05. The Morgan fingerprint density at radius 1 is 1.50 bits per heavy atom. The van der Waals surface area contributed by atoms with Gasteiger partial charge in [0.15, 0.2) is 0 Å². The van der Waals surface area contributed by atoms with Gasteiger partial charge in [-0.1, -0.05) is 28.1 Å². The van der Waals surface area contributed by atoms with Crippen LogP contribution in [0.15, 0.2) is 18.2 Å². The van der Waals surface area contributed by atoms with Crippen molar-refractivity contribution >= 4 is 27.5 Å². The zero-order valence-corrected chi connectivity index (χ0v) is 10.6. The summed E-state index contributed by atoms with van der Waals surface area (Å²) >= 11 is 3.14. The summed E-state index contributed by atoms with van der Waals surface area (Å²) in [6.45, 7) is 1.67. The number of hydrogen-bond acceptors (Lipinski definition) is 2. The van der Waals surface area contributed by atoms with E-state index in [-0.39, 0.29) is 5.91 Å². The predicted molar refractivity (Wildman–Crippen MR) is 68.9 cm³/mol. The fourth-order valence-electron chi connectivity index (χ4n) is 1.99. The number of fused-ring (bicyclic) bond motifs is 1. The lowest BCUT2D eigenvalue weighted by atomic mass is 9.97. The van der Waals surface area contributed by atoms with E-state index < -0.39 is 0 Å². The topological polar surface area (TPSA) is 41.1 Å². The number of benzene rings is 1. The summed E-state index contributed by atoms with van der Waals surface area (Å²) in [4.78, 5) is 11.2. The maximum absolute atomic E-state index is 11.2. The maximum atomic E-state index is 11.2. The number of alkyl halides is 1. The minimum atomic E-state index is 0.0290. The molecule has 2 N–H and O–H groups in total. The molecule has 0 saturated heterocycles. The van der Waals surface area contributed by atoms with E-state index in [0.29, 0.717) is 11.9 Å². The van der Waals surface area contributed by atoms with Crippen LogP contribution in [0.1, 0.15) is 17.5 Å². The molecular weight excluding hydrogens is 268 g/mol. The molecule has 0 radical (unpaired) electrons. The molecule has 3 nitrogen and oxygen atoms in total. The molecule has 0 bridgehead atoms. The van der Waals surface area contributed by atoms with Crippen molar-refractivity contribution in [3.8, 4) is 0 Å². The molecule has 1 heterocycles. The summed E-state index contributed by atoms with van der Waals surface area (Å²) in [5.74, 6) is 0.0290. The standard InChI is InChI=1S/C12H15BrN2O/c13-7-12(16)15-8-9-3-1-5-11-10(9)4-2-6-14-11/h1,3,5,14H,2,4,6-8H2,(H,15,16). The number of carbonyl (C=O) groups is 1. The Morgan fingerprint density at radius 2 is 2.38 bits per heavy atom. The quantitative estimate of drug-likeness (QED) is 0.834. The molecule has 1 aromatic rings.